The van der Waals surface area contributed by atoms with E-state index in [0.29, 0.717) is 40.3 Å². The van der Waals surface area contributed by atoms with Crippen molar-refractivity contribution in [3.8, 4) is 17.2 Å². The SMILES string of the molecule is COc1ccccc1C1CC(=O)C2=C(C1)NC(C)=C(C(=O)OCc1cccc(OC(F)F)c1)C2c1cccc(O)c1. The van der Waals surface area contributed by atoms with E-state index < -0.39 is 18.5 Å². The lowest BCUT2D eigenvalue weighted by Crippen LogP contribution is -2.36. The lowest BCUT2D eigenvalue weighted by molar-refractivity contribution is -0.140. The number of dihydropyridines is 1. The molecule has 2 N–H and O–H groups in total. The Morgan fingerprint density at radius 2 is 1.83 bits per heavy atom. The van der Waals surface area contributed by atoms with Crippen LogP contribution < -0.4 is 14.8 Å². The first kappa shape index (κ1) is 27.9. The Labute approximate surface area is 236 Å². The Balaban J connectivity index is 1.47. The van der Waals surface area contributed by atoms with Crippen molar-refractivity contribution in [1.29, 1.82) is 0 Å². The summed E-state index contributed by atoms with van der Waals surface area (Å²) >= 11 is 0. The molecule has 212 valence electrons. The number of hydrogen-bond acceptors (Lipinski definition) is 7. The van der Waals surface area contributed by atoms with Crippen molar-refractivity contribution in [3.05, 3.63) is 112 Å². The first-order valence-corrected chi connectivity index (χ1v) is 13.1. The van der Waals surface area contributed by atoms with E-state index in [0.717, 1.165) is 5.56 Å². The molecule has 5 rings (SSSR count). The fourth-order valence-corrected chi connectivity index (χ4v) is 5.61. The molecule has 0 bridgehead atoms. The van der Waals surface area contributed by atoms with Gasteiger partial charge in [0.25, 0.3) is 0 Å². The predicted octanol–water partition coefficient (Wildman–Crippen LogP) is 6.11. The molecule has 1 aliphatic heterocycles. The highest BCUT2D eigenvalue weighted by molar-refractivity contribution is 6.04. The summed E-state index contributed by atoms with van der Waals surface area (Å²) in [5, 5.41) is 13.5. The molecular weight excluding hydrogens is 532 g/mol. The number of rotatable bonds is 8. The third-order valence-corrected chi connectivity index (χ3v) is 7.32. The molecule has 2 aliphatic rings. The average molecular weight is 562 g/mol. The number of carbonyl (C=O) groups is 2. The number of halogens is 2. The van der Waals surface area contributed by atoms with E-state index in [1.54, 1.807) is 32.2 Å². The molecule has 3 aromatic carbocycles. The molecule has 7 nitrogen and oxygen atoms in total. The summed E-state index contributed by atoms with van der Waals surface area (Å²) < 4.78 is 40.9. The van der Waals surface area contributed by atoms with Crippen LogP contribution in [0.4, 0.5) is 8.78 Å². The molecule has 0 aromatic heterocycles. The van der Waals surface area contributed by atoms with E-state index in [4.69, 9.17) is 9.47 Å². The number of Topliss-reactive ketones (excluding diaryl/α,β-unsaturated/α-hetero) is 1. The fraction of sp³-hybridized carbons (Fsp3) is 0.250. The maximum Gasteiger partial charge on any atom is 0.387 e. The monoisotopic (exact) mass is 561 g/mol. The number of allylic oxidation sites excluding steroid dienone is 3. The van der Waals surface area contributed by atoms with E-state index in [9.17, 15) is 23.5 Å². The van der Waals surface area contributed by atoms with Gasteiger partial charge >= 0.3 is 12.6 Å². The minimum absolute atomic E-state index is 0.000412. The first-order chi connectivity index (χ1) is 19.7. The molecule has 0 saturated heterocycles. The minimum atomic E-state index is -2.98. The minimum Gasteiger partial charge on any atom is -0.508 e. The third kappa shape index (κ3) is 5.94. The Kier molecular flexibility index (Phi) is 8.05. The normalized spacial score (nSPS) is 18.6. The second-order valence-corrected chi connectivity index (χ2v) is 9.96. The second kappa shape index (κ2) is 11.8. The smallest absolute Gasteiger partial charge is 0.387 e. The van der Waals surface area contributed by atoms with E-state index in [2.05, 4.69) is 10.1 Å². The number of esters is 1. The zero-order chi connectivity index (χ0) is 29.1. The van der Waals surface area contributed by atoms with Gasteiger partial charge in [-0.05, 0) is 60.4 Å². The van der Waals surface area contributed by atoms with Gasteiger partial charge in [-0.1, -0.05) is 42.5 Å². The maximum atomic E-state index is 13.8. The van der Waals surface area contributed by atoms with Crippen LogP contribution in [0, 0.1) is 0 Å². The van der Waals surface area contributed by atoms with E-state index in [1.165, 1.54) is 30.3 Å². The number of alkyl halides is 2. The van der Waals surface area contributed by atoms with Gasteiger partial charge in [0, 0.05) is 35.2 Å². The van der Waals surface area contributed by atoms with Gasteiger partial charge in [-0.15, -0.1) is 0 Å². The van der Waals surface area contributed by atoms with Crippen LogP contribution in [0.1, 0.15) is 48.3 Å². The van der Waals surface area contributed by atoms with E-state index >= 15 is 0 Å². The van der Waals surface area contributed by atoms with Crippen LogP contribution in [0.3, 0.4) is 0 Å². The number of aromatic hydroxyl groups is 1. The molecule has 41 heavy (non-hydrogen) atoms. The lowest BCUT2D eigenvalue weighted by Gasteiger charge is -2.37. The van der Waals surface area contributed by atoms with Gasteiger partial charge in [-0.3, -0.25) is 4.79 Å². The molecule has 0 amide bonds. The molecule has 2 atom stereocenters. The number of para-hydroxylation sites is 1. The van der Waals surface area contributed by atoms with Crippen molar-refractivity contribution in [3.63, 3.8) is 0 Å². The molecule has 2 unspecified atom stereocenters. The highest BCUT2D eigenvalue weighted by Gasteiger charge is 2.42. The number of ketones is 1. The van der Waals surface area contributed by atoms with Gasteiger partial charge in [0.05, 0.1) is 12.7 Å². The van der Waals surface area contributed by atoms with Gasteiger partial charge in [0.1, 0.15) is 23.9 Å². The molecule has 1 aliphatic carbocycles. The molecule has 3 aromatic rings. The molecule has 0 saturated carbocycles. The number of benzene rings is 3. The quantitative estimate of drug-likeness (QED) is 0.321. The maximum absolute atomic E-state index is 13.8. The predicted molar refractivity (Wildman–Crippen MR) is 147 cm³/mol. The second-order valence-electron chi connectivity index (χ2n) is 9.96. The van der Waals surface area contributed by atoms with Gasteiger partial charge < -0.3 is 24.6 Å². The Bertz CT molecular complexity index is 1550. The molecule has 1 heterocycles. The molecular formula is C32H29F2NO6. The van der Waals surface area contributed by atoms with E-state index in [-0.39, 0.29) is 41.8 Å². The zero-order valence-electron chi connectivity index (χ0n) is 22.5. The lowest BCUT2D eigenvalue weighted by atomic mass is 9.71. The molecule has 0 spiro atoms. The summed E-state index contributed by atoms with van der Waals surface area (Å²) in [5.41, 5.74) is 3.87. The highest BCUT2D eigenvalue weighted by atomic mass is 19.3. The Hall–Kier alpha value is -4.66. The van der Waals surface area contributed by atoms with Crippen LogP contribution in [0.2, 0.25) is 0 Å². The summed E-state index contributed by atoms with van der Waals surface area (Å²) in [5.74, 6) is -1.04. The fourth-order valence-electron chi connectivity index (χ4n) is 5.61. The van der Waals surface area contributed by atoms with Crippen LogP contribution in [0.15, 0.2) is 95.3 Å². The number of hydrogen-bond donors (Lipinski definition) is 2. The van der Waals surface area contributed by atoms with Crippen molar-refractivity contribution < 1.29 is 37.7 Å². The largest absolute Gasteiger partial charge is 0.508 e. The summed E-state index contributed by atoms with van der Waals surface area (Å²) in [6.45, 7) is -1.43. The van der Waals surface area contributed by atoms with Gasteiger partial charge in [-0.2, -0.15) is 8.78 Å². The van der Waals surface area contributed by atoms with Crippen LogP contribution in [-0.4, -0.2) is 30.6 Å². The van der Waals surface area contributed by atoms with E-state index in [1.807, 2.05) is 24.3 Å². The van der Waals surface area contributed by atoms with Gasteiger partial charge in [0.2, 0.25) is 0 Å². The standard InChI is InChI=1S/C32H29F2NO6/c1-18-28(31(38)40-17-19-7-5-10-23(13-19)41-32(33)34)29(20-8-6-9-22(36)14-20)30-25(35-18)15-21(16-26(30)37)24-11-3-4-12-27(24)39-2/h3-14,21,29,32,35-36H,15-17H2,1-2H3. The summed E-state index contributed by atoms with van der Waals surface area (Å²) in [4.78, 5) is 27.4. The summed E-state index contributed by atoms with van der Waals surface area (Å²) in [6.07, 6.45) is 0.738. The number of phenolic OH excluding ortho intramolecular Hbond substituents is 1. The van der Waals surface area contributed by atoms with Crippen molar-refractivity contribution in [2.75, 3.05) is 7.11 Å². The Morgan fingerprint density at radius 3 is 2.59 bits per heavy atom. The van der Waals surface area contributed by atoms with Crippen molar-refractivity contribution >= 4 is 11.8 Å². The number of methoxy groups -OCH3 is 1. The average Bonchev–Trinajstić information content (AvgIpc) is 2.95. The number of nitrogens with one attached hydrogen (secondary N) is 1. The van der Waals surface area contributed by atoms with Crippen molar-refractivity contribution in [1.82, 2.24) is 5.32 Å². The van der Waals surface area contributed by atoms with Crippen molar-refractivity contribution in [2.24, 2.45) is 0 Å². The number of ether oxygens (including phenoxy) is 3. The summed E-state index contributed by atoms with van der Waals surface area (Å²) in [6, 6.07) is 20.0. The topological polar surface area (TPSA) is 94.1 Å². The molecule has 0 fully saturated rings. The van der Waals surface area contributed by atoms with Crippen molar-refractivity contribution in [2.45, 2.75) is 44.8 Å². The van der Waals surface area contributed by atoms with Gasteiger partial charge in [0.15, 0.2) is 5.78 Å². The third-order valence-electron chi connectivity index (χ3n) is 7.32. The highest BCUT2D eigenvalue weighted by Crippen LogP contribution is 2.47. The number of phenols is 1. The van der Waals surface area contributed by atoms with Crippen LogP contribution in [0.25, 0.3) is 0 Å². The number of carbonyl (C=O) groups excluding carboxylic acids is 2. The van der Waals surface area contributed by atoms with Gasteiger partial charge in [-0.25, -0.2) is 4.79 Å². The van der Waals surface area contributed by atoms with Crippen LogP contribution in [0.5, 0.6) is 17.2 Å². The molecule has 0 radical (unpaired) electrons. The summed E-state index contributed by atoms with van der Waals surface area (Å²) in [7, 11) is 1.60. The zero-order valence-corrected chi connectivity index (χ0v) is 22.5. The molecule has 9 heteroatoms. The van der Waals surface area contributed by atoms with Crippen LogP contribution >= 0.6 is 0 Å². The van der Waals surface area contributed by atoms with Crippen LogP contribution in [-0.2, 0) is 20.9 Å². The first-order valence-electron chi connectivity index (χ1n) is 13.1. The Morgan fingerprint density at radius 1 is 1.05 bits per heavy atom.